The molecule has 1 unspecified atom stereocenters. The smallest absolute Gasteiger partial charge is 0.341 e. The van der Waals surface area contributed by atoms with E-state index < -0.39 is 54.1 Å². The molecule has 0 aromatic heterocycles. The molecule has 0 N–H and O–H groups in total. The van der Waals surface area contributed by atoms with Crippen LogP contribution in [0.5, 0.6) is 0 Å². The number of esters is 1. The summed E-state index contributed by atoms with van der Waals surface area (Å²) in [7, 11) is -3.23. The second-order valence-electron chi connectivity index (χ2n) is 9.24. The molecule has 210 valence electrons. The highest BCUT2D eigenvalue weighted by Gasteiger charge is 2.46. The number of carbonyl (C=O) groups excluding carboxylic acids is 2. The van der Waals surface area contributed by atoms with Crippen LogP contribution in [0.4, 0.5) is 0 Å². The Morgan fingerprint density at radius 3 is 2.29 bits per heavy atom. The number of sulfone groups is 1. The lowest BCUT2D eigenvalue weighted by atomic mass is 9.94. The molecule has 0 amide bonds. The lowest BCUT2D eigenvalue weighted by Crippen LogP contribution is -2.34. The van der Waals surface area contributed by atoms with Crippen molar-refractivity contribution in [1.82, 2.24) is 9.21 Å². The SMILES string of the molecule is CC(C)c1cccc2c1C(=O)C(COC(=O)c1c(Cl)ccc(S(=O)(=O)N(C)CCN(C)C)c1Cl)S2(=O)=O.Cl. The molecule has 14 heteroatoms. The molecule has 1 aliphatic rings. The zero-order valence-corrected chi connectivity index (χ0v) is 25.4. The van der Waals surface area contributed by atoms with E-state index in [0.29, 0.717) is 12.1 Å². The Morgan fingerprint density at radius 2 is 1.71 bits per heavy atom. The molecule has 0 spiro atoms. The molecule has 0 bridgehead atoms. The molecule has 0 saturated heterocycles. The van der Waals surface area contributed by atoms with Crippen molar-refractivity contribution < 1.29 is 31.2 Å². The molecule has 2 aromatic carbocycles. The zero-order valence-electron chi connectivity index (χ0n) is 21.4. The highest BCUT2D eigenvalue weighted by molar-refractivity contribution is 7.93. The standard InChI is InChI=1S/C24H28Cl2N2O7S2.ClH/c1-14(2)15-7-6-8-17-20(15)23(29)19(36(17,31)32)13-35-24(30)21-16(25)9-10-18(22(21)26)37(33,34)28(5)12-11-27(3)4;/h6-10,14,19H,11-13H2,1-5H3;1H. The Morgan fingerprint density at radius 1 is 1.08 bits per heavy atom. The first-order chi connectivity index (χ1) is 17.1. The van der Waals surface area contributed by atoms with Gasteiger partial charge in [0, 0.05) is 25.7 Å². The molecule has 1 atom stereocenters. The van der Waals surface area contributed by atoms with Crippen LogP contribution >= 0.6 is 35.6 Å². The van der Waals surface area contributed by atoms with E-state index in [1.165, 1.54) is 25.2 Å². The third-order valence-electron chi connectivity index (χ3n) is 6.08. The maximum Gasteiger partial charge on any atom is 0.341 e. The second kappa shape index (κ2) is 12.2. The molecule has 0 radical (unpaired) electrons. The fourth-order valence-corrected chi connectivity index (χ4v) is 7.69. The minimum Gasteiger partial charge on any atom is -0.460 e. The Kier molecular flexibility index (Phi) is 10.4. The van der Waals surface area contributed by atoms with Gasteiger partial charge in [0.25, 0.3) is 0 Å². The number of sulfonamides is 1. The first-order valence-electron chi connectivity index (χ1n) is 11.3. The maximum atomic E-state index is 13.1. The first-order valence-corrected chi connectivity index (χ1v) is 15.0. The number of fused-ring (bicyclic) bond motifs is 1. The fraction of sp³-hybridized carbons (Fsp3) is 0.417. The van der Waals surface area contributed by atoms with E-state index in [4.69, 9.17) is 27.9 Å². The van der Waals surface area contributed by atoms with Crippen LogP contribution in [-0.2, 0) is 24.6 Å². The van der Waals surface area contributed by atoms with Gasteiger partial charge in [-0.25, -0.2) is 21.6 Å². The van der Waals surface area contributed by atoms with Crippen molar-refractivity contribution in [1.29, 1.82) is 0 Å². The summed E-state index contributed by atoms with van der Waals surface area (Å²) in [5.74, 6) is -1.91. The number of nitrogens with zero attached hydrogens (tertiary/aromatic N) is 2. The van der Waals surface area contributed by atoms with E-state index in [-0.39, 0.29) is 45.2 Å². The first kappa shape index (κ1) is 32.5. The summed E-state index contributed by atoms with van der Waals surface area (Å²) in [5, 5.41) is -2.27. The van der Waals surface area contributed by atoms with Gasteiger partial charge < -0.3 is 9.64 Å². The molecule has 0 saturated carbocycles. The van der Waals surface area contributed by atoms with E-state index in [1.807, 2.05) is 13.8 Å². The van der Waals surface area contributed by atoms with Crippen LogP contribution in [0, 0.1) is 0 Å². The third kappa shape index (κ3) is 6.04. The van der Waals surface area contributed by atoms with Crippen molar-refractivity contribution >= 4 is 67.2 Å². The molecular weight excluding hydrogens is 599 g/mol. The van der Waals surface area contributed by atoms with Crippen LogP contribution in [0.3, 0.4) is 0 Å². The van der Waals surface area contributed by atoms with Crippen LogP contribution < -0.4 is 0 Å². The van der Waals surface area contributed by atoms with E-state index in [0.717, 1.165) is 4.31 Å². The summed E-state index contributed by atoms with van der Waals surface area (Å²) in [6.45, 7) is 3.51. The Hall–Kier alpha value is -1.73. The van der Waals surface area contributed by atoms with E-state index in [1.54, 1.807) is 31.1 Å². The van der Waals surface area contributed by atoms with Crippen LogP contribution in [0.1, 0.15) is 46.0 Å². The number of likely N-dealkylation sites (N-methyl/N-ethyl adjacent to an activating group) is 2. The summed E-state index contributed by atoms with van der Waals surface area (Å²) in [5.41, 5.74) is 0.249. The summed E-state index contributed by atoms with van der Waals surface area (Å²) in [4.78, 5) is 27.4. The van der Waals surface area contributed by atoms with Gasteiger partial charge >= 0.3 is 5.97 Å². The molecule has 1 heterocycles. The second-order valence-corrected chi connectivity index (χ2v) is 14.1. The Bertz CT molecular complexity index is 1460. The van der Waals surface area contributed by atoms with Crippen molar-refractivity contribution in [3.8, 4) is 0 Å². The molecule has 0 fully saturated rings. The highest BCUT2D eigenvalue weighted by Crippen LogP contribution is 2.37. The topological polar surface area (TPSA) is 118 Å². The van der Waals surface area contributed by atoms with Crippen LogP contribution in [0.2, 0.25) is 10.0 Å². The van der Waals surface area contributed by atoms with Crippen LogP contribution in [0.15, 0.2) is 40.1 Å². The maximum absolute atomic E-state index is 13.1. The van der Waals surface area contributed by atoms with Gasteiger partial charge in [-0.1, -0.05) is 49.2 Å². The van der Waals surface area contributed by atoms with Gasteiger partial charge in [0.15, 0.2) is 20.9 Å². The molecular formula is C24H29Cl3N2O7S2. The monoisotopic (exact) mass is 626 g/mol. The number of halogens is 3. The Balaban J connectivity index is 0.00000507. The number of benzene rings is 2. The summed E-state index contributed by atoms with van der Waals surface area (Å²) < 4.78 is 58.5. The van der Waals surface area contributed by atoms with Crippen LogP contribution in [-0.4, -0.2) is 83.9 Å². The zero-order chi connectivity index (χ0) is 27.9. The number of carbonyl (C=O) groups is 2. The number of rotatable bonds is 9. The van der Waals surface area contributed by atoms with Gasteiger partial charge in [-0.05, 0) is 43.8 Å². The number of hydrogen-bond donors (Lipinski definition) is 0. The predicted octanol–water partition coefficient (Wildman–Crippen LogP) is 3.92. The lowest BCUT2D eigenvalue weighted by molar-refractivity contribution is 0.0501. The van der Waals surface area contributed by atoms with E-state index >= 15 is 0 Å². The normalized spacial score (nSPS) is 16.6. The average Bonchev–Trinajstić information content (AvgIpc) is 3.00. The van der Waals surface area contributed by atoms with Crippen molar-refractivity contribution in [2.75, 3.05) is 40.8 Å². The van der Waals surface area contributed by atoms with Crippen molar-refractivity contribution in [3.63, 3.8) is 0 Å². The molecule has 2 aromatic rings. The predicted molar refractivity (Wildman–Crippen MR) is 148 cm³/mol. The van der Waals surface area contributed by atoms with E-state index in [9.17, 15) is 26.4 Å². The molecule has 3 rings (SSSR count). The average molecular weight is 628 g/mol. The van der Waals surface area contributed by atoms with Crippen molar-refractivity contribution in [3.05, 3.63) is 57.1 Å². The van der Waals surface area contributed by atoms with Gasteiger partial charge in [-0.2, -0.15) is 4.31 Å². The number of hydrogen-bond acceptors (Lipinski definition) is 8. The molecule has 38 heavy (non-hydrogen) atoms. The third-order valence-corrected chi connectivity index (χ3v) is 10.8. The number of Topliss-reactive ketones (excluding diaryl/α,β-unsaturated/α-hetero) is 1. The summed E-state index contributed by atoms with van der Waals surface area (Å²) in [6.07, 6.45) is 0. The largest absolute Gasteiger partial charge is 0.460 e. The van der Waals surface area contributed by atoms with Crippen LogP contribution in [0.25, 0.3) is 0 Å². The summed E-state index contributed by atoms with van der Waals surface area (Å²) in [6, 6.07) is 6.98. The minimum absolute atomic E-state index is 0. The Labute approximate surface area is 239 Å². The quantitative estimate of drug-likeness (QED) is 0.384. The van der Waals surface area contributed by atoms with Gasteiger partial charge in [-0.15, -0.1) is 12.4 Å². The fourth-order valence-electron chi connectivity index (χ4n) is 3.92. The summed E-state index contributed by atoms with van der Waals surface area (Å²) >= 11 is 12.5. The number of ether oxygens (including phenoxy) is 1. The highest BCUT2D eigenvalue weighted by atomic mass is 35.5. The van der Waals surface area contributed by atoms with E-state index in [2.05, 4.69) is 0 Å². The minimum atomic E-state index is -4.11. The molecule has 0 aliphatic carbocycles. The molecule has 9 nitrogen and oxygen atoms in total. The van der Waals surface area contributed by atoms with Gasteiger partial charge in [-0.3, -0.25) is 4.79 Å². The number of ketones is 1. The van der Waals surface area contributed by atoms with Crippen molar-refractivity contribution in [2.45, 2.75) is 34.8 Å². The lowest BCUT2D eigenvalue weighted by Gasteiger charge is -2.21. The van der Waals surface area contributed by atoms with Gasteiger partial charge in [0.2, 0.25) is 10.0 Å². The molecule has 1 aliphatic heterocycles. The van der Waals surface area contributed by atoms with Gasteiger partial charge in [0.05, 0.1) is 20.5 Å². The van der Waals surface area contributed by atoms with Crippen molar-refractivity contribution in [2.24, 2.45) is 0 Å². The van der Waals surface area contributed by atoms with Gasteiger partial charge in [0.1, 0.15) is 11.5 Å².